The Hall–Kier alpha value is -0.120. The summed E-state index contributed by atoms with van der Waals surface area (Å²) in [6, 6.07) is 0. The lowest BCUT2D eigenvalue weighted by molar-refractivity contribution is 0.214. The fraction of sp³-hybridized carbons (Fsp3) is 1.00. The third-order valence-corrected chi connectivity index (χ3v) is 4.07. The van der Waals surface area contributed by atoms with E-state index in [0.29, 0.717) is 0 Å². The molecule has 0 spiro atoms. The minimum atomic E-state index is 0.926. The average molecular weight is 225 g/mol. The molecule has 3 heteroatoms. The van der Waals surface area contributed by atoms with Crippen LogP contribution in [0.15, 0.2) is 0 Å². The Morgan fingerprint density at radius 2 is 1.75 bits per heavy atom. The zero-order valence-electron chi connectivity index (χ0n) is 10.7. The molecule has 16 heavy (non-hydrogen) atoms. The second-order valence-electron chi connectivity index (χ2n) is 5.50. The lowest BCUT2D eigenvalue weighted by Gasteiger charge is -2.29. The number of nitrogens with one attached hydrogen (secondary N) is 1. The van der Waals surface area contributed by atoms with Gasteiger partial charge in [0.1, 0.15) is 0 Å². The Balaban J connectivity index is 1.48. The lowest BCUT2D eigenvalue weighted by atomic mass is 9.97. The van der Waals surface area contributed by atoms with Crippen LogP contribution in [-0.4, -0.2) is 62.7 Å². The number of piperidine rings is 1. The third-order valence-electron chi connectivity index (χ3n) is 4.07. The highest BCUT2D eigenvalue weighted by molar-refractivity contribution is 4.72. The lowest BCUT2D eigenvalue weighted by Crippen LogP contribution is -2.37. The zero-order chi connectivity index (χ0) is 11.2. The van der Waals surface area contributed by atoms with E-state index in [-0.39, 0.29) is 0 Å². The van der Waals surface area contributed by atoms with Crippen LogP contribution in [0.5, 0.6) is 0 Å². The molecule has 2 heterocycles. The fourth-order valence-electron chi connectivity index (χ4n) is 2.82. The molecule has 3 nitrogen and oxygen atoms in total. The van der Waals surface area contributed by atoms with Crippen LogP contribution in [0.2, 0.25) is 0 Å². The normalized spacial score (nSPS) is 25.3. The molecule has 0 radical (unpaired) electrons. The van der Waals surface area contributed by atoms with Gasteiger partial charge in [-0.15, -0.1) is 0 Å². The van der Waals surface area contributed by atoms with Crippen LogP contribution in [0.4, 0.5) is 0 Å². The van der Waals surface area contributed by atoms with Gasteiger partial charge in [0, 0.05) is 13.1 Å². The molecule has 0 bridgehead atoms. The molecule has 2 saturated heterocycles. The van der Waals surface area contributed by atoms with Gasteiger partial charge in [0.25, 0.3) is 0 Å². The molecule has 2 aliphatic rings. The van der Waals surface area contributed by atoms with E-state index >= 15 is 0 Å². The average Bonchev–Trinajstić information content (AvgIpc) is 2.80. The van der Waals surface area contributed by atoms with Crippen molar-refractivity contribution in [3.63, 3.8) is 0 Å². The van der Waals surface area contributed by atoms with Gasteiger partial charge in [0.15, 0.2) is 0 Å². The van der Waals surface area contributed by atoms with Crippen LogP contribution < -0.4 is 5.32 Å². The smallest absolute Gasteiger partial charge is 0.0107 e. The third kappa shape index (κ3) is 4.04. The Kier molecular flexibility index (Phi) is 5.07. The molecule has 0 aliphatic carbocycles. The Bertz CT molecular complexity index is 182. The Morgan fingerprint density at radius 1 is 1.06 bits per heavy atom. The van der Waals surface area contributed by atoms with Gasteiger partial charge in [0.05, 0.1) is 0 Å². The number of rotatable bonds is 5. The van der Waals surface area contributed by atoms with Crippen molar-refractivity contribution in [1.82, 2.24) is 15.1 Å². The van der Waals surface area contributed by atoms with Gasteiger partial charge in [-0.1, -0.05) is 0 Å². The maximum atomic E-state index is 3.64. The molecule has 0 saturated carbocycles. The molecule has 94 valence electrons. The van der Waals surface area contributed by atoms with Gasteiger partial charge < -0.3 is 15.1 Å². The summed E-state index contributed by atoms with van der Waals surface area (Å²) in [7, 11) is 2.23. The molecular formula is C13H27N3. The van der Waals surface area contributed by atoms with E-state index in [1.807, 2.05) is 0 Å². The maximum Gasteiger partial charge on any atom is 0.0107 e. The first-order valence-electron chi connectivity index (χ1n) is 6.96. The summed E-state index contributed by atoms with van der Waals surface area (Å²) in [6.45, 7) is 8.92. The van der Waals surface area contributed by atoms with E-state index in [1.165, 1.54) is 71.5 Å². The number of hydrogen-bond acceptors (Lipinski definition) is 3. The highest BCUT2D eigenvalue weighted by Gasteiger charge is 2.16. The van der Waals surface area contributed by atoms with Crippen LogP contribution in [0.1, 0.15) is 25.7 Å². The fourth-order valence-corrected chi connectivity index (χ4v) is 2.82. The Labute approximate surface area is 100 Å². The van der Waals surface area contributed by atoms with Crippen LogP contribution in [-0.2, 0) is 0 Å². The van der Waals surface area contributed by atoms with E-state index in [0.717, 1.165) is 5.92 Å². The van der Waals surface area contributed by atoms with Crippen molar-refractivity contribution in [3.05, 3.63) is 0 Å². The van der Waals surface area contributed by atoms with Crippen molar-refractivity contribution in [3.8, 4) is 0 Å². The zero-order valence-corrected chi connectivity index (χ0v) is 10.7. The predicted molar refractivity (Wildman–Crippen MR) is 68.8 cm³/mol. The molecule has 1 N–H and O–H groups in total. The molecule has 2 aliphatic heterocycles. The van der Waals surface area contributed by atoms with E-state index in [4.69, 9.17) is 0 Å². The minimum Gasteiger partial charge on any atom is -0.315 e. The summed E-state index contributed by atoms with van der Waals surface area (Å²) in [4.78, 5) is 5.03. The van der Waals surface area contributed by atoms with Crippen molar-refractivity contribution in [1.29, 1.82) is 0 Å². The second kappa shape index (κ2) is 6.58. The number of nitrogens with zero attached hydrogens (tertiary/aromatic N) is 2. The van der Waals surface area contributed by atoms with Crippen LogP contribution in [0.25, 0.3) is 0 Å². The van der Waals surface area contributed by atoms with Gasteiger partial charge in [-0.2, -0.15) is 0 Å². The SMILES string of the molecule is CN1CCC(CNCCN2CCCC2)CC1. The second-order valence-corrected chi connectivity index (χ2v) is 5.50. The molecule has 2 fully saturated rings. The first-order chi connectivity index (χ1) is 7.84. The van der Waals surface area contributed by atoms with Crippen LogP contribution >= 0.6 is 0 Å². The molecule has 0 aromatic carbocycles. The summed E-state index contributed by atoms with van der Waals surface area (Å²) < 4.78 is 0. The van der Waals surface area contributed by atoms with E-state index in [9.17, 15) is 0 Å². The predicted octanol–water partition coefficient (Wildman–Crippen LogP) is 1.01. The molecule has 0 amide bonds. The van der Waals surface area contributed by atoms with Crippen LogP contribution in [0, 0.1) is 5.92 Å². The van der Waals surface area contributed by atoms with Gasteiger partial charge >= 0.3 is 0 Å². The summed E-state index contributed by atoms with van der Waals surface area (Å²) in [5.41, 5.74) is 0. The van der Waals surface area contributed by atoms with E-state index in [1.54, 1.807) is 0 Å². The van der Waals surface area contributed by atoms with Crippen molar-refractivity contribution >= 4 is 0 Å². The largest absolute Gasteiger partial charge is 0.315 e. The van der Waals surface area contributed by atoms with Crippen molar-refractivity contribution < 1.29 is 0 Å². The summed E-state index contributed by atoms with van der Waals surface area (Å²) >= 11 is 0. The topological polar surface area (TPSA) is 18.5 Å². The van der Waals surface area contributed by atoms with Crippen molar-refractivity contribution in [2.45, 2.75) is 25.7 Å². The van der Waals surface area contributed by atoms with Crippen molar-refractivity contribution in [2.75, 3.05) is 52.9 Å². The van der Waals surface area contributed by atoms with Crippen LogP contribution in [0.3, 0.4) is 0 Å². The van der Waals surface area contributed by atoms with Gasteiger partial charge in [-0.05, 0) is 71.4 Å². The maximum absolute atomic E-state index is 3.64. The summed E-state index contributed by atoms with van der Waals surface area (Å²) in [6.07, 6.45) is 5.59. The first-order valence-corrected chi connectivity index (χ1v) is 6.96. The molecule has 2 rings (SSSR count). The van der Waals surface area contributed by atoms with E-state index in [2.05, 4.69) is 22.2 Å². The highest BCUT2D eigenvalue weighted by atomic mass is 15.1. The minimum absolute atomic E-state index is 0.926. The van der Waals surface area contributed by atoms with Gasteiger partial charge in [-0.25, -0.2) is 0 Å². The molecular weight excluding hydrogens is 198 g/mol. The van der Waals surface area contributed by atoms with Gasteiger partial charge in [0.2, 0.25) is 0 Å². The quantitative estimate of drug-likeness (QED) is 0.705. The Morgan fingerprint density at radius 3 is 2.44 bits per heavy atom. The highest BCUT2D eigenvalue weighted by Crippen LogP contribution is 2.14. The molecule has 0 atom stereocenters. The number of likely N-dealkylation sites (tertiary alicyclic amines) is 2. The van der Waals surface area contributed by atoms with E-state index < -0.39 is 0 Å². The first kappa shape index (κ1) is 12.3. The summed E-state index contributed by atoms with van der Waals surface area (Å²) in [5, 5.41) is 3.64. The standard InChI is InChI=1S/C13H27N3/c1-15-9-4-13(5-10-15)12-14-6-11-16-7-2-3-8-16/h13-14H,2-12H2,1H3. The van der Waals surface area contributed by atoms with Gasteiger partial charge in [-0.3, -0.25) is 0 Å². The molecule has 0 aromatic heterocycles. The number of hydrogen-bond donors (Lipinski definition) is 1. The monoisotopic (exact) mass is 225 g/mol. The molecule has 0 aromatic rings. The van der Waals surface area contributed by atoms with Crippen molar-refractivity contribution in [2.24, 2.45) is 5.92 Å². The summed E-state index contributed by atoms with van der Waals surface area (Å²) in [5.74, 6) is 0.926. The molecule has 0 unspecified atom stereocenters.